The maximum Gasteiger partial charge on any atom is 0.0969 e. The Bertz CT molecular complexity index is 172. The third-order valence-corrected chi connectivity index (χ3v) is 3.66. The summed E-state index contributed by atoms with van der Waals surface area (Å²) in [7, 11) is -0.906. The summed E-state index contributed by atoms with van der Waals surface area (Å²) in [6.45, 7) is 5.32. The van der Waals surface area contributed by atoms with Crippen LogP contribution in [0.1, 0.15) is 26.7 Å². The Morgan fingerprint density at radius 1 is 1.58 bits per heavy atom. The second-order valence-electron chi connectivity index (χ2n) is 3.51. The maximum atomic E-state index is 11.6. The van der Waals surface area contributed by atoms with Crippen LogP contribution in [-0.2, 0) is 11.0 Å². The molecular formula is C8H17NO2S. The monoisotopic (exact) mass is 191 g/mol. The lowest BCUT2D eigenvalue weighted by molar-refractivity contribution is 0.110. The zero-order valence-corrected chi connectivity index (χ0v) is 8.51. The van der Waals surface area contributed by atoms with Gasteiger partial charge in [-0.25, -0.2) is 8.51 Å². The lowest BCUT2D eigenvalue weighted by atomic mass is 10.1. The van der Waals surface area contributed by atoms with Gasteiger partial charge in [-0.1, -0.05) is 0 Å². The topological polar surface area (TPSA) is 40.5 Å². The summed E-state index contributed by atoms with van der Waals surface area (Å²) in [5.74, 6) is 0. The van der Waals surface area contributed by atoms with Crippen molar-refractivity contribution >= 4 is 11.0 Å². The minimum atomic E-state index is -0.906. The molecule has 3 nitrogen and oxygen atoms in total. The lowest BCUT2D eigenvalue weighted by Crippen LogP contribution is -2.41. The normalized spacial score (nSPS) is 29.2. The van der Waals surface area contributed by atoms with Gasteiger partial charge in [-0.2, -0.15) is 0 Å². The van der Waals surface area contributed by atoms with E-state index in [4.69, 9.17) is 0 Å². The fourth-order valence-electron chi connectivity index (χ4n) is 1.38. The zero-order valence-electron chi connectivity index (χ0n) is 7.69. The van der Waals surface area contributed by atoms with E-state index in [0.717, 1.165) is 19.4 Å². The van der Waals surface area contributed by atoms with Crippen molar-refractivity contribution in [3.8, 4) is 0 Å². The van der Waals surface area contributed by atoms with Crippen LogP contribution in [0, 0.1) is 0 Å². The van der Waals surface area contributed by atoms with Gasteiger partial charge in [0.15, 0.2) is 0 Å². The number of hydrogen-bond acceptors (Lipinski definition) is 2. The maximum absolute atomic E-state index is 11.6. The van der Waals surface area contributed by atoms with Gasteiger partial charge >= 0.3 is 0 Å². The molecule has 0 aliphatic carbocycles. The third-order valence-electron chi connectivity index (χ3n) is 2.02. The van der Waals surface area contributed by atoms with E-state index in [1.54, 1.807) is 0 Å². The van der Waals surface area contributed by atoms with Crippen molar-refractivity contribution in [3.63, 3.8) is 0 Å². The highest BCUT2D eigenvalue weighted by atomic mass is 32.2. The van der Waals surface area contributed by atoms with Gasteiger partial charge in [-0.05, 0) is 26.7 Å². The molecule has 0 saturated carbocycles. The average molecular weight is 191 g/mol. The number of piperidine rings is 1. The second kappa shape index (κ2) is 4.35. The third kappa shape index (κ3) is 2.54. The van der Waals surface area contributed by atoms with Crippen LogP contribution in [0.2, 0.25) is 0 Å². The predicted molar refractivity (Wildman–Crippen MR) is 50.1 cm³/mol. The van der Waals surface area contributed by atoms with Gasteiger partial charge in [0.05, 0.1) is 17.1 Å². The summed E-state index contributed by atoms with van der Waals surface area (Å²) in [4.78, 5) is 0. The van der Waals surface area contributed by atoms with E-state index in [1.165, 1.54) is 0 Å². The molecule has 1 fully saturated rings. The summed E-state index contributed by atoms with van der Waals surface area (Å²) >= 11 is 0. The highest BCUT2D eigenvalue weighted by Gasteiger charge is 2.23. The van der Waals surface area contributed by atoms with Crippen molar-refractivity contribution in [2.24, 2.45) is 0 Å². The van der Waals surface area contributed by atoms with Crippen molar-refractivity contribution in [2.75, 3.05) is 13.1 Å². The number of rotatable bonds is 2. The molecular weight excluding hydrogens is 174 g/mol. The van der Waals surface area contributed by atoms with E-state index in [-0.39, 0.29) is 11.4 Å². The van der Waals surface area contributed by atoms with Crippen molar-refractivity contribution < 1.29 is 9.32 Å². The number of hydrogen-bond donors (Lipinski definition) is 1. The first-order valence-electron chi connectivity index (χ1n) is 4.45. The van der Waals surface area contributed by atoms with Crippen LogP contribution in [0.15, 0.2) is 0 Å². The molecule has 1 saturated heterocycles. The van der Waals surface area contributed by atoms with Crippen LogP contribution >= 0.6 is 0 Å². The fraction of sp³-hybridized carbons (Fsp3) is 1.00. The molecule has 0 amide bonds. The lowest BCUT2D eigenvalue weighted by Gasteiger charge is -2.29. The first kappa shape index (κ1) is 10.2. The van der Waals surface area contributed by atoms with Crippen molar-refractivity contribution in [2.45, 2.75) is 38.0 Å². The Hall–Kier alpha value is 0.0700. The smallest absolute Gasteiger partial charge is 0.0969 e. The van der Waals surface area contributed by atoms with Crippen LogP contribution in [0.3, 0.4) is 0 Å². The summed E-state index contributed by atoms with van der Waals surface area (Å²) in [5.41, 5.74) is 0. The fourth-order valence-corrected chi connectivity index (χ4v) is 2.61. The standard InChI is InChI=1S/C8H17NO2S/c1-7(2)12(11)9-5-3-4-8(10)6-9/h7-8,10H,3-6H2,1-2H3. The van der Waals surface area contributed by atoms with E-state index in [2.05, 4.69) is 0 Å². The average Bonchev–Trinajstić information content (AvgIpc) is 2.03. The van der Waals surface area contributed by atoms with Gasteiger partial charge < -0.3 is 5.11 Å². The van der Waals surface area contributed by atoms with Crippen LogP contribution in [-0.4, -0.2) is 38.1 Å². The molecule has 0 aromatic rings. The van der Waals surface area contributed by atoms with E-state index in [9.17, 15) is 9.32 Å². The number of β-amino-alcohol motifs (C(OH)–C–C–N with tert-alkyl or cyclic N) is 1. The van der Waals surface area contributed by atoms with Crippen LogP contribution in [0.4, 0.5) is 0 Å². The molecule has 12 heavy (non-hydrogen) atoms. The predicted octanol–water partition coefficient (Wildman–Crippen LogP) is 0.515. The summed E-state index contributed by atoms with van der Waals surface area (Å²) in [6.07, 6.45) is 1.53. The van der Waals surface area contributed by atoms with Crippen LogP contribution in [0.5, 0.6) is 0 Å². The second-order valence-corrected chi connectivity index (χ2v) is 5.52. The zero-order chi connectivity index (χ0) is 9.14. The highest BCUT2D eigenvalue weighted by molar-refractivity contribution is 7.83. The SMILES string of the molecule is CC(C)S(=O)N1CCCC(O)C1. The molecule has 1 rings (SSSR count). The quantitative estimate of drug-likeness (QED) is 0.691. The Kier molecular flexibility index (Phi) is 3.68. The molecule has 1 N–H and O–H groups in total. The molecule has 4 heteroatoms. The Morgan fingerprint density at radius 3 is 2.75 bits per heavy atom. The molecule has 1 aliphatic heterocycles. The van der Waals surface area contributed by atoms with E-state index < -0.39 is 11.0 Å². The van der Waals surface area contributed by atoms with E-state index in [1.807, 2.05) is 18.2 Å². The molecule has 0 bridgehead atoms. The summed E-state index contributed by atoms with van der Waals surface area (Å²) in [6, 6.07) is 0. The Labute approximate surface area is 76.4 Å². The molecule has 0 aromatic heterocycles. The first-order valence-corrected chi connectivity index (χ1v) is 5.62. The highest BCUT2D eigenvalue weighted by Crippen LogP contribution is 2.13. The van der Waals surface area contributed by atoms with Crippen molar-refractivity contribution in [3.05, 3.63) is 0 Å². The molecule has 0 spiro atoms. The van der Waals surface area contributed by atoms with Gasteiger partial charge in [-0.3, -0.25) is 0 Å². The minimum Gasteiger partial charge on any atom is -0.392 e. The minimum absolute atomic E-state index is 0.162. The van der Waals surface area contributed by atoms with Crippen LogP contribution in [0.25, 0.3) is 0 Å². The summed E-state index contributed by atoms with van der Waals surface area (Å²) in [5, 5.41) is 9.50. The molecule has 1 aliphatic rings. The molecule has 0 radical (unpaired) electrons. The van der Waals surface area contributed by atoms with Crippen molar-refractivity contribution in [1.29, 1.82) is 0 Å². The molecule has 0 aromatic carbocycles. The van der Waals surface area contributed by atoms with Gasteiger partial charge in [0.2, 0.25) is 0 Å². The molecule has 72 valence electrons. The number of aliphatic hydroxyl groups is 1. The molecule has 2 atom stereocenters. The Balaban J connectivity index is 2.46. The molecule has 1 heterocycles. The van der Waals surface area contributed by atoms with Crippen LogP contribution < -0.4 is 0 Å². The first-order chi connectivity index (χ1) is 5.61. The van der Waals surface area contributed by atoms with Gasteiger partial charge in [0.25, 0.3) is 0 Å². The summed E-state index contributed by atoms with van der Waals surface area (Å²) < 4.78 is 13.4. The Morgan fingerprint density at radius 2 is 2.25 bits per heavy atom. The van der Waals surface area contributed by atoms with Gasteiger partial charge in [-0.15, -0.1) is 0 Å². The van der Waals surface area contributed by atoms with E-state index >= 15 is 0 Å². The molecule has 2 unspecified atom stereocenters. The van der Waals surface area contributed by atoms with E-state index in [0.29, 0.717) is 6.54 Å². The number of aliphatic hydroxyl groups excluding tert-OH is 1. The van der Waals surface area contributed by atoms with Gasteiger partial charge in [0.1, 0.15) is 0 Å². The van der Waals surface area contributed by atoms with Crippen molar-refractivity contribution in [1.82, 2.24) is 4.31 Å². The van der Waals surface area contributed by atoms with Gasteiger partial charge in [0, 0.05) is 18.3 Å². The largest absolute Gasteiger partial charge is 0.392 e. The number of nitrogens with zero attached hydrogens (tertiary/aromatic N) is 1.